The molecular formula is C13H25N5O2. The van der Waals surface area contributed by atoms with E-state index in [1.54, 1.807) is 6.92 Å². The zero-order valence-corrected chi connectivity index (χ0v) is 12.9. The average molecular weight is 283 g/mol. The molecule has 0 saturated heterocycles. The molecule has 1 heterocycles. The number of hydrogen-bond acceptors (Lipinski definition) is 6. The molecular weight excluding hydrogens is 258 g/mol. The predicted octanol–water partition coefficient (Wildman–Crippen LogP) is 0.444. The molecule has 20 heavy (non-hydrogen) atoms. The second-order valence-electron chi connectivity index (χ2n) is 5.79. The van der Waals surface area contributed by atoms with Crippen molar-refractivity contribution in [2.24, 2.45) is 11.7 Å². The van der Waals surface area contributed by atoms with Gasteiger partial charge in [0.25, 0.3) is 5.70 Å². The maximum absolute atomic E-state index is 11.3. The molecule has 0 aromatic carbocycles. The lowest BCUT2D eigenvalue weighted by molar-refractivity contribution is -0.437. The summed E-state index contributed by atoms with van der Waals surface area (Å²) in [5.74, 6) is 0.175. The van der Waals surface area contributed by atoms with Gasteiger partial charge >= 0.3 is 0 Å². The second-order valence-corrected chi connectivity index (χ2v) is 5.79. The molecule has 7 heteroatoms. The summed E-state index contributed by atoms with van der Waals surface area (Å²) in [6.07, 6.45) is 1.45. The van der Waals surface area contributed by atoms with Crippen LogP contribution in [-0.4, -0.2) is 42.7 Å². The Kier molecular flexibility index (Phi) is 5.13. The number of dihydropyridines is 1. The fourth-order valence-electron chi connectivity index (χ4n) is 2.15. The minimum atomic E-state index is -0.915. The topological polar surface area (TPSA) is 96.5 Å². The van der Waals surface area contributed by atoms with E-state index in [1.807, 2.05) is 32.8 Å². The van der Waals surface area contributed by atoms with E-state index < -0.39 is 5.66 Å². The van der Waals surface area contributed by atoms with Crippen LogP contribution < -0.4 is 16.4 Å². The Hall–Kier alpha value is -1.60. The van der Waals surface area contributed by atoms with Crippen molar-refractivity contribution in [3.63, 3.8) is 0 Å². The highest BCUT2D eigenvalue weighted by Crippen LogP contribution is 2.26. The Morgan fingerprint density at radius 1 is 1.55 bits per heavy atom. The van der Waals surface area contributed by atoms with E-state index >= 15 is 0 Å². The third-order valence-electron chi connectivity index (χ3n) is 3.31. The monoisotopic (exact) mass is 283 g/mol. The molecule has 0 spiro atoms. The maximum Gasteiger partial charge on any atom is 0.287 e. The molecule has 0 bridgehead atoms. The predicted molar refractivity (Wildman–Crippen MR) is 79.2 cm³/mol. The first-order valence-electron chi connectivity index (χ1n) is 6.71. The van der Waals surface area contributed by atoms with E-state index in [0.717, 1.165) is 12.2 Å². The summed E-state index contributed by atoms with van der Waals surface area (Å²) in [7, 11) is 3.92. The van der Waals surface area contributed by atoms with Gasteiger partial charge in [-0.2, -0.15) is 0 Å². The normalized spacial score (nSPS) is 23.1. The van der Waals surface area contributed by atoms with Gasteiger partial charge < -0.3 is 16.0 Å². The zero-order chi connectivity index (χ0) is 15.5. The minimum absolute atomic E-state index is 0.0400. The van der Waals surface area contributed by atoms with Gasteiger partial charge in [0.05, 0.1) is 10.6 Å². The molecule has 1 atom stereocenters. The molecule has 114 valence electrons. The molecule has 0 aromatic rings. The molecule has 1 aliphatic heterocycles. The zero-order valence-electron chi connectivity index (χ0n) is 12.9. The van der Waals surface area contributed by atoms with E-state index in [2.05, 4.69) is 10.6 Å². The third kappa shape index (κ3) is 3.71. The summed E-state index contributed by atoms with van der Waals surface area (Å²) in [5.41, 5.74) is 6.29. The van der Waals surface area contributed by atoms with Crippen molar-refractivity contribution < 1.29 is 4.92 Å². The summed E-state index contributed by atoms with van der Waals surface area (Å²) in [4.78, 5) is 12.9. The molecule has 0 fully saturated rings. The van der Waals surface area contributed by atoms with Crippen molar-refractivity contribution in [1.82, 2.24) is 15.5 Å². The molecule has 1 aliphatic rings. The summed E-state index contributed by atoms with van der Waals surface area (Å²) in [6, 6.07) is 0. The van der Waals surface area contributed by atoms with Crippen molar-refractivity contribution in [3.8, 4) is 0 Å². The molecule has 1 unspecified atom stereocenters. The van der Waals surface area contributed by atoms with Crippen LogP contribution in [0.5, 0.6) is 0 Å². The minimum Gasteiger partial charge on any atom is -0.397 e. The largest absolute Gasteiger partial charge is 0.397 e. The number of likely N-dealkylation sites (N-methyl/N-ethyl adjacent to an activating group) is 1. The maximum atomic E-state index is 11.3. The van der Waals surface area contributed by atoms with Crippen molar-refractivity contribution >= 4 is 0 Å². The molecule has 0 radical (unpaired) electrons. The SMILES string of the molecule is CC(C)C1=C(N)C=C([N+](=O)[O-])C(C)(NCCN(C)C)N1. The first kappa shape index (κ1) is 16.5. The van der Waals surface area contributed by atoms with Gasteiger partial charge in [-0.1, -0.05) is 13.8 Å². The van der Waals surface area contributed by atoms with E-state index in [4.69, 9.17) is 5.73 Å². The Labute approximate surface area is 120 Å². The van der Waals surface area contributed by atoms with Gasteiger partial charge in [0, 0.05) is 24.9 Å². The van der Waals surface area contributed by atoms with Crippen LogP contribution in [0.2, 0.25) is 0 Å². The van der Waals surface area contributed by atoms with Gasteiger partial charge in [-0.05, 0) is 26.9 Å². The highest BCUT2D eigenvalue weighted by molar-refractivity contribution is 5.34. The molecule has 0 aromatic heterocycles. The molecule has 7 nitrogen and oxygen atoms in total. The van der Waals surface area contributed by atoms with Crippen molar-refractivity contribution in [2.45, 2.75) is 26.4 Å². The van der Waals surface area contributed by atoms with Gasteiger partial charge in [0.15, 0.2) is 5.66 Å². The van der Waals surface area contributed by atoms with Crippen LogP contribution >= 0.6 is 0 Å². The Bertz CT molecular complexity index is 442. The van der Waals surface area contributed by atoms with Crippen molar-refractivity contribution in [1.29, 1.82) is 0 Å². The summed E-state index contributed by atoms with van der Waals surface area (Å²) in [6.45, 7) is 7.19. The van der Waals surface area contributed by atoms with Crippen LogP contribution in [0.3, 0.4) is 0 Å². The highest BCUT2D eigenvalue weighted by Gasteiger charge is 2.41. The third-order valence-corrected chi connectivity index (χ3v) is 3.31. The van der Waals surface area contributed by atoms with Gasteiger partial charge in [-0.25, -0.2) is 0 Å². The lowest BCUT2D eigenvalue weighted by atomic mass is 9.97. The Morgan fingerprint density at radius 2 is 2.15 bits per heavy atom. The molecule has 0 amide bonds. The number of nitrogens with one attached hydrogen (secondary N) is 2. The van der Waals surface area contributed by atoms with Gasteiger partial charge in [-0.15, -0.1) is 0 Å². The van der Waals surface area contributed by atoms with Crippen LogP contribution in [0.1, 0.15) is 20.8 Å². The Balaban J connectivity index is 3.00. The highest BCUT2D eigenvalue weighted by atomic mass is 16.6. The molecule has 4 N–H and O–H groups in total. The Morgan fingerprint density at radius 3 is 2.60 bits per heavy atom. The first-order valence-corrected chi connectivity index (χ1v) is 6.71. The molecule has 1 rings (SSSR count). The van der Waals surface area contributed by atoms with Crippen LogP contribution in [0.15, 0.2) is 23.2 Å². The number of nitro groups is 1. The van der Waals surface area contributed by atoms with Crippen LogP contribution in [0, 0.1) is 16.0 Å². The second kappa shape index (κ2) is 6.23. The van der Waals surface area contributed by atoms with Crippen LogP contribution in [-0.2, 0) is 0 Å². The summed E-state index contributed by atoms with van der Waals surface area (Å²) >= 11 is 0. The fourth-order valence-corrected chi connectivity index (χ4v) is 2.15. The van der Waals surface area contributed by atoms with E-state index in [0.29, 0.717) is 12.2 Å². The number of rotatable bonds is 6. The lowest BCUT2D eigenvalue weighted by Crippen LogP contribution is -2.60. The van der Waals surface area contributed by atoms with Crippen LogP contribution in [0.4, 0.5) is 0 Å². The molecule has 0 aliphatic carbocycles. The quantitative estimate of drug-likeness (QED) is 0.483. The van der Waals surface area contributed by atoms with E-state index in [9.17, 15) is 10.1 Å². The van der Waals surface area contributed by atoms with Crippen LogP contribution in [0.25, 0.3) is 0 Å². The average Bonchev–Trinajstić information content (AvgIpc) is 2.30. The number of hydrogen-bond donors (Lipinski definition) is 3. The summed E-state index contributed by atoms with van der Waals surface area (Å²) < 4.78 is 0. The lowest BCUT2D eigenvalue weighted by Gasteiger charge is -2.36. The standard InChI is InChI=1S/C13H25N5O2/c1-9(2)12-10(14)8-11(18(19)20)13(3,16-12)15-6-7-17(4)5/h8-9,15-16H,6-7,14H2,1-5H3. The van der Waals surface area contributed by atoms with Gasteiger partial charge in [0.2, 0.25) is 0 Å². The van der Waals surface area contributed by atoms with Crippen molar-refractivity contribution in [3.05, 3.63) is 33.3 Å². The van der Waals surface area contributed by atoms with Gasteiger partial charge in [-0.3, -0.25) is 15.4 Å². The number of nitrogens with two attached hydrogens (primary N) is 1. The smallest absolute Gasteiger partial charge is 0.287 e. The molecule has 0 saturated carbocycles. The van der Waals surface area contributed by atoms with Gasteiger partial charge in [0.1, 0.15) is 0 Å². The van der Waals surface area contributed by atoms with Crippen molar-refractivity contribution in [2.75, 3.05) is 27.2 Å². The number of nitrogens with zero attached hydrogens (tertiary/aromatic N) is 2. The number of allylic oxidation sites excluding steroid dienone is 2. The van der Waals surface area contributed by atoms with E-state index in [1.165, 1.54) is 6.08 Å². The van der Waals surface area contributed by atoms with E-state index in [-0.39, 0.29) is 16.5 Å². The summed E-state index contributed by atoms with van der Waals surface area (Å²) in [5, 5.41) is 17.7. The fraction of sp³-hybridized carbons (Fsp3) is 0.692. The first-order chi connectivity index (χ1) is 9.17.